The van der Waals surface area contributed by atoms with E-state index in [9.17, 15) is 24.3 Å². The first-order valence-corrected chi connectivity index (χ1v) is 12.6. The van der Waals surface area contributed by atoms with Crippen molar-refractivity contribution in [2.75, 3.05) is 13.1 Å². The summed E-state index contributed by atoms with van der Waals surface area (Å²) in [5.41, 5.74) is -0.988. The highest BCUT2D eigenvalue weighted by Gasteiger charge is 2.56. The number of nitrogens with zero attached hydrogens (tertiary/aromatic N) is 1. The summed E-state index contributed by atoms with van der Waals surface area (Å²) in [7, 11) is 0. The van der Waals surface area contributed by atoms with E-state index in [0.717, 1.165) is 12.8 Å². The molecular formula is C27H42N2O7. The lowest BCUT2D eigenvalue weighted by molar-refractivity contribution is -0.125. The molecule has 36 heavy (non-hydrogen) atoms. The number of hydrogen-bond acceptors (Lipinski definition) is 7. The van der Waals surface area contributed by atoms with Gasteiger partial charge in [0, 0.05) is 44.0 Å². The van der Waals surface area contributed by atoms with Gasteiger partial charge in [0.05, 0.1) is 11.2 Å². The van der Waals surface area contributed by atoms with Gasteiger partial charge in [-0.05, 0) is 67.2 Å². The van der Waals surface area contributed by atoms with Crippen molar-refractivity contribution in [3.8, 4) is 0 Å². The maximum atomic E-state index is 12.2. The third-order valence-corrected chi connectivity index (χ3v) is 6.47. The molecule has 2 atom stereocenters. The zero-order valence-electron chi connectivity index (χ0n) is 22.6. The normalized spacial score (nSPS) is 23.7. The van der Waals surface area contributed by atoms with E-state index >= 15 is 0 Å². The van der Waals surface area contributed by atoms with Crippen LogP contribution in [0.4, 0.5) is 9.59 Å². The summed E-state index contributed by atoms with van der Waals surface area (Å²) < 4.78 is 10.5. The van der Waals surface area contributed by atoms with Crippen molar-refractivity contribution in [3.63, 3.8) is 0 Å². The number of ether oxygens (including phenoxy) is 2. The Hall–Kier alpha value is -2.84. The van der Waals surface area contributed by atoms with Crippen LogP contribution in [-0.4, -0.2) is 64.1 Å². The number of alkyl carbamates (subject to hydrolysis) is 1. The third-order valence-electron chi connectivity index (χ3n) is 6.47. The van der Waals surface area contributed by atoms with E-state index in [2.05, 4.69) is 11.9 Å². The van der Waals surface area contributed by atoms with E-state index in [1.807, 2.05) is 20.8 Å². The molecule has 0 aromatic heterocycles. The topological polar surface area (TPSA) is 122 Å². The van der Waals surface area contributed by atoms with Crippen LogP contribution in [0.5, 0.6) is 0 Å². The predicted molar refractivity (Wildman–Crippen MR) is 136 cm³/mol. The van der Waals surface area contributed by atoms with Crippen molar-refractivity contribution < 1.29 is 33.8 Å². The molecule has 202 valence electrons. The molecule has 3 rings (SSSR count). The monoisotopic (exact) mass is 506 g/mol. The second-order valence-electron chi connectivity index (χ2n) is 11.6. The summed E-state index contributed by atoms with van der Waals surface area (Å²) in [5.74, 6) is 0.401. The van der Waals surface area contributed by atoms with Crippen LogP contribution in [0, 0.1) is 5.41 Å². The molecule has 9 heteroatoms. The van der Waals surface area contributed by atoms with Gasteiger partial charge in [0.2, 0.25) is 0 Å². The Morgan fingerprint density at radius 1 is 1.11 bits per heavy atom. The number of likely N-dealkylation sites (tertiary alicyclic amines) is 1. The summed E-state index contributed by atoms with van der Waals surface area (Å²) in [6.45, 7) is 15.6. The van der Waals surface area contributed by atoms with E-state index in [1.165, 1.54) is 0 Å². The van der Waals surface area contributed by atoms with Gasteiger partial charge in [-0.1, -0.05) is 6.08 Å². The van der Waals surface area contributed by atoms with Gasteiger partial charge in [0.25, 0.3) is 0 Å². The van der Waals surface area contributed by atoms with Crippen molar-refractivity contribution in [1.82, 2.24) is 10.2 Å². The van der Waals surface area contributed by atoms with Crippen molar-refractivity contribution in [3.05, 3.63) is 24.0 Å². The molecular weight excluding hydrogens is 464 g/mol. The number of fused-ring (bicyclic) bond motifs is 1. The smallest absolute Gasteiger partial charge is 0.410 e. The molecule has 0 spiro atoms. The second kappa shape index (κ2) is 11.5. The molecule has 2 aliphatic carbocycles. The number of allylic oxidation sites excluding steroid dienone is 2. The largest absolute Gasteiger partial charge is 0.512 e. The summed E-state index contributed by atoms with van der Waals surface area (Å²) in [6.07, 6.45) is 4.86. The molecule has 1 aliphatic heterocycles. The Labute approximate surface area is 214 Å². The Morgan fingerprint density at radius 3 is 2.28 bits per heavy atom. The number of carbonyl (C=O) groups excluding carboxylic acids is 4. The Kier molecular flexibility index (Phi) is 9.37. The van der Waals surface area contributed by atoms with Gasteiger partial charge >= 0.3 is 12.2 Å². The molecule has 1 saturated carbocycles. The lowest BCUT2D eigenvalue weighted by Crippen LogP contribution is -2.43. The first-order chi connectivity index (χ1) is 16.6. The van der Waals surface area contributed by atoms with Gasteiger partial charge in [-0.2, -0.15) is 0 Å². The summed E-state index contributed by atoms with van der Waals surface area (Å²) >= 11 is 0. The number of rotatable bonds is 5. The van der Waals surface area contributed by atoms with Crippen molar-refractivity contribution in [1.29, 1.82) is 0 Å². The maximum absolute atomic E-state index is 12.2. The number of aliphatic hydroxyl groups excluding tert-OH is 1. The van der Waals surface area contributed by atoms with Crippen molar-refractivity contribution in [2.45, 2.75) is 104 Å². The standard InChI is InChI=1S/C15H23NO3.C12H19NO4/c1-5-8-15-9-10-16(11(15)6-7-12(15)17)13(18)19-14(2,3)4;1-12(2,3)17-11(16)13-7-6-8-9(14)4-5-10(8)15/h5,11H,1,6-10H2,2-4H3;14H,4-7H2,1-3H3,(H,13,16). The van der Waals surface area contributed by atoms with Gasteiger partial charge in [-0.3, -0.25) is 9.59 Å². The molecule has 0 aromatic rings. The predicted octanol–water partition coefficient (Wildman–Crippen LogP) is 5.00. The maximum Gasteiger partial charge on any atom is 0.410 e. The molecule has 1 saturated heterocycles. The molecule has 0 bridgehead atoms. The summed E-state index contributed by atoms with van der Waals surface area (Å²) in [5, 5.41) is 12.0. The molecule has 9 nitrogen and oxygen atoms in total. The first kappa shape index (κ1) is 29.4. The van der Waals surface area contributed by atoms with Crippen LogP contribution in [0.15, 0.2) is 24.0 Å². The Morgan fingerprint density at radius 2 is 1.75 bits per heavy atom. The SMILES string of the molecule is C=CCC12CCN(C(=O)OC(C)(C)C)C1CCC2=O.CC(C)(C)OC(=O)NCCC1=C(O)CCC1=O. The molecule has 0 radical (unpaired) electrons. The molecule has 2 fully saturated rings. The van der Waals surface area contributed by atoms with Crippen molar-refractivity contribution in [2.24, 2.45) is 5.41 Å². The number of ketones is 2. The number of amides is 2. The lowest BCUT2D eigenvalue weighted by Gasteiger charge is -2.31. The molecule has 2 amide bonds. The molecule has 2 N–H and O–H groups in total. The van der Waals surface area contributed by atoms with Crippen LogP contribution in [0.2, 0.25) is 0 Å². The number of carbonyl (C=O) groups is 4. The van der Waals surface area contributed by atoms with E-state index < -0.39 is 22.7 Å². The van der Waals surface area contributed by atoms with Gasteiger partial charge in [-0.15, -0.1) is 6.58 Å². The lowest BCUT2D eigenvalue weighted by atomic mass is 9.78. The number of aliphatic hydroxyl groups is 1. The summed E-state index contributed by atoms with van der Waals surface area (Å²) in [4.78, 5) is 48.8. The van der Waals surface area contributed by atoms with Crippen LogP contribution in [-0.2, 0) is 19.1 Å². The van der Waals surface area contributed by atoms with Gasteiger partial charge in [0.15, 0.2) is 5.78 Å². The molecule has 2 unspecified atom stereocenters. The Balaban J connectivity index is 0.000000255. The molecule has 0 aromatic carbocycles. The van der Waals surface area contributed by atoms with Crippen LogP contribution >= 0.6 is 0 Å². The molecule has 3 aliphatic rings. The fourth-order valence-electron chi connectivity index (χ4n) is 4.95. The second-order valence-corrected chi connectivity index (χ2v) is 11.6. The first-order valence-electron chi connectivity index (χ1n) is 12.6. The quantitative estimate of drug-likeness (QED) is 0.503. The highest BCUT2D eigenvalue weighted by Crippen LogP contribution is 2.49. The fraction of sp³-hybridized carbons (Fsp3) is 0.704. The zero-order chi connectivity index (χ0) is 27.3. The number of hydrogen-bond donors (Lipinski definition) is 2. The van der Waals surface area contributed by atoms with E-state index in [1.54, 1.807) is 31.7 Å². The summed E-state index contributed by atoms with van der Waals surface area (Å²) in [6, 6.07) is -0.00662. The van der Waals surface area contributed by atoms with E-state index in [4.69, 9.17) is 9.47 Å². The van der Waals surface area contributed by atoms with Crippen LogP contribution in [0.25, 0.3) is 0 Å². The highest BCUT2D eigenvalue weighted by atomic mass is 16.6. The number of nitrogens with one attached hydrogen (secondary N) is 1. The van der Waals surface area contributed by atoms with Crippen molar-refractivity contribution >= 4 is 23.8 Å². The van der Waals surface area contributed by atoms with Gasteiger partial charge in [-0.25, -0.2) is 9.59 Å². The van der Waals surface area contributed by atoms with Crippen LogP contribution in [0.1, 0.15) is 86.5 Å². The zero-order valence-corrected chi connectivity index (χ0v) is 22.6. The Bertz CT molecular complexity index is 910. The highest BCUT2D eigenvalue weighted by molar-refractivity contribution is 5.98. The van der Waals surface area contributed by atoms with Crippen LogP contribution in [0.3, 0.4) is 0 Å². The van der Waals surface area contributed by atoms with Crippen LogP contribution < -0.4 is 5.32 Å². The minimum absolute atomic E-state index is 0.00662. The van der Waals surface area contributed by atoms with Gasteiger partial charge in [0.1, 0.15) is 17.0 Å². The fourth-order valence-corrected chi connectivity index (χ4v) is 4.95. The third kappa shape index (κ3) is 7.58. The molecule has 1 heterocycles. The number of Topliss-reactive ketones (excluding diaryl/α,β-unsaturated/α-hetero) is 2. The van der Waals surface area contributed by atoms with Gasteiger partial charge < -0.3 is 24.8 Å². The van der Waals surface area contributed by atoms with E-state index in [-0.39, 0.29) is 29.5 Å². The minimum atomic E-state index is -0.533. The average molecular weight is 507 g/mol. The average Bonchev–Trinajstić information content (AvgIpc) is 3.35. The minimum Gasteiger partial charge on any atom is -0.512 e. The van der Waals surface area contributed by atoms with E-state index in [0.29, 0.717) is 50.8 Å².